The molecule has 0 aliphatic carbocycles. The van der Waals surface area contributed by atoms with Crippen molar-refractivity contribution in [3.63, 3.8) is 0 Å². The summed E-state index contributed by atoms with van der Waals surface area (Å²) in [6.45, 7) is 0.258. The predicted molar refractivity (Wildman–Crippen MR) is 60.8 cm³/mol. The van der Waals surface area contributed by atoms with Crippen molar-refractivity contribution in [2.45, 2.75) is 0 Å². The molecule has 0 aliphatic heterocycles. The maximum Gasteiger partial charge on any atom is 0.121 e. The fourth-order valence-electron chi connectivity index (χ4n) is 1.34. The van der Waals surface area contributed by atoms with Crippen LogP contribution in [0.25, 0.3) is 0 Å². The highest BCUT2D eigenvalue weighted by molar-refractivity contribution is 5.70. The fraction of sp³-hybridized carbons (Fsp3) is 0.273. The Labute approximate surface area is 94.3 Å². The van der Waals surface area contributed by atoms with E-state index in [9.17, 15) is 0 Å². The number of nitrogens with zero attached hydrogens (tertiary/aromatic N) is 3. The molecule has 0 unspecified atom stereocenters. The van der Waals surface area contributed by atoms with E-state index < -0.39 is 0 Å². The summed E-state index contributed by atoms with van der Waals surface area (Å²) in [4.78, 5) is 1.61. The lowest BCUT2D eigenvalue weighted by Crippen LogP contribution is -2.24. The van der Waals surface area contributed by atoms with Crippen molar-refractivity contribution in [3.05, 3.63) is 18.2 Å². The number of nitriles is 2. The van der Waals surface area contributed by atoms with E-state index in [1.165, 1.54) is 0 Å². The SMILES string of the molecule is COc1ccc(N(CC#N)CC#N)c(N)c1. The number of anilines is 2. The van der Waals surface area contributed by atoms with Crippen molar-refractivity contribution in [3.8, 4) is 17.9 Å². The molecule has 0 atom stereocenters. The average molecular weight is 216 g/mol. The Balaban J connectivity index is 3.02. The average Bonchev–Trinajstić information content (AvgIpc) is 2.29. The van der Waals surface area contributed by atoms with E-state index in [4.69, 9.17) is 21.0 Å². The number of benzene rings is 1. The van der Waals surface area contributed by atoms with Gasteiger partial charge in [0, 0.05) is 6.07 Å². The molecule has 0 aromatic heterocycles. The van der Waals surface area contributed by atoms with Crippen molar-refractivity contribution < 1.29 is 4.74 Å². The van der Waals surface area contributed by atoms with Crippen molar-refractivity contribution in [1.29, 1.82) is 10.5 Å². The van der Waals surface area contributed by atoms with Crippen LogP contribution in [0.4, 0.5) is 11.4 Å². The molecule has 0 aliphatic rings. The van der Waals surface area contributed by atoms with Gasteiger partial charge in [0.1, 0.15) is 18.8 Å². The third-order valence-electron chi connectivity index (χ3n) is 2.10. The van der Waals surface area contributed by atoms with Gasteiger partial charge in [-0.15, -0.1) is 0 Å². The molecule has 0 spiro atoms. The minimum atomic E-state index is 0.129. The Morgan fingerprint density at radius 3 is 2.38 bits per heavy atom. The molecular formula is C11H12N4O. The number of rotatable bonds is 4. The van der Waals surface area contributed by atoms with Gasteiger partial charge in [0.2, 0.25) is 0 Å². The molecule has 0 fully saturated rings. The lowest BCUT2D eigenvalue weighted by Gasteiger charge is -2.20. The van der Waals surface area contributed by atoms with Gasteiger partial charge in [0.25, 0.3) is 0 Å². The van der Waals surface area contributed by atoms with E-state index in [2.05, 4.69) is 0 Å². The molecular weight excluding hydrogens is 204 g/mol. The molecule has 82 valence electrons. The highest BCUT2D eigenvalue weighted by atomic mass is 16.5. The normalized spacial score (nSPS) is 8.94. The van der Waals surface area contributed by atoms with Crippen LogP contribution < -0.4 is 15.4 Å². The Bertz CT molecular complexity index is 428. The highest BCUT2D eigenvalue weighted by Crippen LogP contribution is 2.27. The third kappa shape index (κ3) is 2.55. The second-order valence-electron chi connectivity index (χ2n) is 3.10. The maximum atomic E-state index is 8.65. The number of hydrogen-bond donors (Lipinski definition) is 1. The van der Waals surface area contributed by atoms with Gasteiger partial charge in [0.15, 0.2) is 0 Å². The monoisotopic (exact) mass is 216 g/mol. The third-order valence-corrected chi connectivity index (χ3v) is 2.10. The minimum Gasteiger partial charge on any atom is -0.497 e. The number of ether oxygens (including phenoxy) is 1. The van der Waals surface area contributed by atoms with E-state index in [0.29, 0.717) is 17.1 Å². The van der Waals surface area contributed by atoms with Gasteiger partial charge in [0.05, 0.1) is 30.6 Å². The van der Waals surface area contributed by atoms with E-state index >= 15 is 0 Å². The van der Waals surface area contributed by atoms with Crippen LogP contribution in [0.3, 0.4) is 0 Å². The summed E-state index contributed by atoms with van der Waals surface area (Å²) in [5, 5.41) is 17.3. The smallest absolute Gasteiger partial charge is 0.121 e. The zero-order chi connectivity index (χ0) is 12.0. The summed E-state index contributed by atoms with van der Waals surface area (Å²) in [6, 6.07) is 9.14. The Morgan fingerprint density at radius 1 is 1.31 bits per heavy atom. The van der Waals surface area contributed by atoms with Crippen LogP contribution in [0.15, 0.2) is 18.2 Å². The molecule has 0 saturated heterocycles. The van der Waals surface area contributed by atoms with Gasteiger partial charge in [-0.25, -0.2) is 0 Å². The molecule has 16 heavy (non-hydrogen) atoms. The number of hydrogen-bond acceptors (Lipinski definition) is 5. The summed E-state index contributed by atoms with van der Waals surface area (Å²) >= 11 is 0. The van der Waals surface area contributed by atoms with Crippen LogP contribution in [0.5, 0.6) is 5.75 Å². The van der Waals surface area contributed by atoms with Crippen LogP contribution in [0.2, 0.25) is 0 Å². The summed E-state index contributed by atoms with van der Waals surface area (Å²) < 4.78 is 5.02. The lowest BCUT2D eigenvalue weighted by molar-refractivity contribution is 0.415. The first kappa shape index (κ1) is 11.7. The quantitative estimate of drug-likeness (QED) is 0.602. The maximum absolute atomic E-state index is 8.65. The molecule has 2 N–H and O–H groups in total. The largest absolute Gasteiger partial charge is 0.497 e. The van der Waals surface area contributed by atoms with Crippen molar-refractivity contribution in [2.75, 3.05) is 30.8 Å². The number of methoxy groups -OCH3 is 1. The zero-order valence-electron chi connectivity index (χ0n) is 8.97. The Morgan fingerprint density at radius 2 is 1.94 bits per heavy atom. The molecule has 0 heterocycles. The summed E-state index contributed by atoms with van der Waals surface area (Å²) in [6.07, 6.45) is 0. The zero-order valence-corrected chi connectivity index (χ0v) is 8.97. The predicted octanol–water partition coefficient (Wildman–Crippen LogP) is 1.13. The first-order valence-corrected chi connectivity index (χ1v) is 4.65. The van der Waals surface area contributed by atoms with E-state index in [0.717, 1.165) is 0 Å². The minimum absolute atomic E-state index is 0.129. The molecule has 1 aromatic rings. The van der Waals surface area contributed by atoms with Crippen LogP contribution >= 0.6 is 0 Å². The Hall–Kier alpha value is -2.40. The van der Waals surface area contributed by atoms with Crippen molar-refractivity contribution in [2.24, 2.45) is 0 Å². The van der Waals surface area contributed by atoms with E-state index in [1.807, 2.05) is 12.1 Å². The number of nitrogen functional groups attached to an aromatic ring is 1. The van der Waals surface area contributed by atoms with Crippen LogP contribution in [-0.2, 0) is 0 Å². The van der Waals surface area contributed by atoms with Gasteiger partial charge in [-0.3, -0.25) is 0 Å². The molecule has 5 nitrogen and oxygen atoms in total. The van der Waals surface area contributed by atoms with Crippen LogP contribution in [-0.4, -0.2) is 20.2 Å². The second kappa shape index (κ2) is 5.47. The van der Waals surface area contributed by atoms with Crippen LogP contribution in [0.1, 0.15) is 0 Å². The standard InChI is InChI=1S/C11H12N4O/c1-16-9-2-3-11(10(14)8-9)15(6-4-12)7-5-13/h2-3,8H,6-7,14H2,1H3. The first-order valence-electron chi connectivity index (χ1n) is 4.65. The molecule has 0 amide bonds. The van der Waals surface area contributed by atoms with Gasteiger partial charge in [-0.2, -0.15) is 10.5 Å². The molecule has 0 bridgehead atoms. The topological polar surface area (TPSA) is 86.1 Å². The van der Waals surface area contributed by atoms with Gasteiger partial charge < -0.3 is 15.4 Å². The molecule has 0 saturated carbocycles. The first-order chi connectivity index (χ1) is 7.72. The molecule has 1 rings (SSSR count). The van der Waals surface area contributed by atoms with E-state index in [-0.39, 0.29) is 13.1 Å². The van der Waals surface area contributed by atoms with E-state index in [1.54, 1.807) is 30.2 Å². The van der Waals surface area contributed by atoms with Crippen LogP contribution in [0, 0.1) is 22.7 Å². The second-order valence-corrected chi connectivity index (χ2v) is 3.10. The molecule has 1 aromatic carbocycles. The van der Waals surface area contributed by atoms with Gasteiger partial charge in [-0.1, -0.05) is 0 Å². The number of nitrogens with two attached hydrogens (primary N) is 1. The fourth-order valence-corrected chi connectivity index (χ4v) is 1.34. The lowest BCUT2D eigenvalue weighted by atomic mass is 10.2. The molecule has 0 radical (unpaired) electrons. The highest BCUT2D eigenvalue weighted by Gasteiger charge is 2.09. The summed E-state index contributed by atoms with van der Waals surface area (Å²) in [5.74, 6) is 0.648. The Kier molecular flexibility index (Phi) is 3.99. The van der Waals surface area contributed by atoms with Gasteiger partial charge >= 0.3 is 0 Å². The summed E-state index contributed by atoms with van der Waals surface area (Å²) in [7, 11) is 1.55. The van der Waals surface area contributed by atoms with Gasteiger partial charge in [-0.05, 0) is 12.1 Å². The molecule has 5 heteroatoms. The van der Waals surface area contributed by atoms with Crippen molar-refractivity contribution >= 4 is 11.4 Å². The summed E-state index contributed by atoms with van der Waals surface area (Å²) in [5.41, 5.74) is 6.98. The van der Waals surface area contributed by atoms with Crippen molar-refractivity contribution in [1.82, 2.24) is 0 Å².